The molecule has 2 atom stereocenters. The first kappa shape index (κ1) is 14.5. The van der Waals surface area contributed by atoms with Crippen molar-refractivity contribution in [2.75, 3.05) is 13.6 Å². The third kappa shape index (κ3) is 3.33. The molecule has 2 rings (SSSR count). The van der Waals surface area contributed by atoms with Gasteiger partial charge >= 0.3 is 0 Å². The second-order valence-corrected chi connectivity index (χ2v) is 5.32. The molecule has 0 unspecified atom stereocenters. The van der Waals surface area contributed by atoms with Gasteiger partial charge in [-0.3, -0.25) is 10.1 Å². The van der Waals surface area contributed by atoms with E-state index in [0.29, 0.717) is 17.7 Å². The summed E-state index contributed by atoms with van der Waals surface area (Å²) in [6, 6.07) is 6.40. The molecule has 0 N–H and O–H groups in total. The van der Waals surface area contributed by atoms with E-state index in [1.165, 1.54) is 12.1 Å². The third-order valence-electron chi connectivity index (χ3n) is 3.70. The Bertz CT molecular complexity index is 513. The molecule has 20 heavy (non-hydrogen) atoms. The fourth-order valence-corrected chi connectivity index (χ4v) is 2.24. The molecule has 1 aromatic carbocycles. The number of non-ortho nitro benzene ring substituents is 1. The highest BCUT2D eigenvalue weighted by molar-refractivity contribution is 5.87. The van der Waals surface area contributed by atoms with Crippen molar-refractivity contribution in [3.8, 4) is 5.75 Å². The number of likely N-dealkylation sites (tertiary alicyclic amines) is 1. The molecule has 1 aliphatic rings. The summed E-state index contributed by atoms with van der Waals surface area (Å²) in [5, 5.41) is 14.8. The lowest BCUT2D eigenvalue weighted by molar-refractivity contribution is -0.384. The fraction of sp³-hybridized carbons (Fsp3) is 0.500. The molecule has 0 spiro atoms. The zero-order valence-corrected chi connectivity index (χ0v) is 11.9. The number of nitro groups is 1. The smallest absolute Gasteiger partial charge is 0.269 e. The number of nitrogens with zero attached hydrogens (tertiary/aromatic N) is 3. The average Bonchev–Trinajstić information content (AvgIpc) is 2.42. The van der Waals surface area contributed by atoms with Crippen molar-refractivity contribution in [1.29, 1.82) is 0 Å². The number of oxime groups is 1. The highest BCUT2D eigenvalue weighted by atomic mass is 16.6. The first-order valence-electron chi connectivity index (χ1n) is 6.66. The van der Waals surface area contributed by atoms with Gasteiger partial charge in [0, 0.05) is 37.1 Å². The highest BCUT2D eigenvalue weighted by Gasteiger charge is 2.25. The topological polar surface area (TPSA) is 68.0 Å². The molecule has 0 saturated carbocycles. The van der Waals surface area contributed by atoms with E-state index in [0.717, 1.165) is 18.7 Å². The lowest BCUT2D eigenvalue weighted by atomic mass is 9.93. The Labute approximate surface area is 118 Å². The zero-order valence-electron chi connectivity index (χ0n) is 11.9. The van der Waals surface area contributed by atoms with E-state index in [1.54, 1.807) is 12.1 Å². The van der Waals surface area contributed by atoms with Crippen LogP contribution in [0.1, 0.15) is 20.3 Å². The van der Waals surface area contributed by atoms with Gasteiger partial charge < -0.3 is 9.74 Å². The van der Waals surface area contributed by atoms with Crippen LogP contribution in [-0.2, 0) is 0 Å². The number of hydrogen-bond acceptors (Lipinski definition) is 5. The number of piperidine rings is 1. The molecule has 108 valence electrons. The van der Waals surface area contributed by atoms with Crippen molar-refractivity contribution in [2.45, 2.75) is 26.3 Å². The summed E-state index contributed by atoms with van der Waals surface area (Å²) in [4.78, 5) is 17.8. The molecule has 0 radical (unpaired) electrons. The monoisotopic (exact) mass is 277 g/mol. The van der Waals surface area contributed by atoms with Gasteiger partial charge in [0.25, 0.3) is 5.69 Å². The summed E-state index contributed by atoms with van der Waals surface area (Å²) in [6.07, 6.45) is 0.880. The molecule has 1 aromatic rings. The first-order chi connectivity index (χ1) is 9.47. The molecule has 1 saturated heterocycles. The summed E-state index contributed by atoms with van der Waals surface area (Å²) in [5.41, 5.74) is 1.08. The van der Waals surface area contributed by atoms with Gasteiger partial charge in [0.05, 0.1) is 10.6 Å². The molecular weight excluding hydrogens is 258 g/mol. The number of benzene rings is 1. The number of nitro benzene ring substituents is 1. The number of rotatable bonds is 3. The number of hydrogen-bond donors (Lipinski definition) is 0. The van der Waals surface area contributed by atoms with Gasteiger partial charge in [0.2, 0.25) is 0 Å². The summed E-state index contributed by atoms with van der Waals surface area (Å²) in [7, 11) is 2.11. The van der Waals surface area contributed by atoms with Crippen molar-refractivity contribution < 1.29 is 9.76 Å². The normalized spacial score (nSPS) is 25.6. The van der Waals surface area contributed by atoms with Gasteiger partial charge in [-0.05, 0) is 26.1 Å². The second kappa shape index (κ2) is 6.00. The van der Waals surface area contributed by atoms with E-state index >= 15 is 0 Å². The molecule has 0 bridgehead atoms. The van der Waals surface area contributed by atoms with Gasteiger partial charge in [-0.15, -0.1) is 0 Å². The van der Waals surface area contributed by atoms with Crippen LogP contribution in [-0.4, -0.2) is 35.2 Å². The SMILES string of the molecule is C[C@@H]1CN(C)[C@@H](C)C/C1=N/Oc1ccc([N+](=O)[O-])cc1. The minimum Gasteiger partial charge on any atom is -0.357 e. The maximum atomic E-state index is 10.6. The van der Waals surface area contributed by atoms with Crippen molar-refractivity contribution in [1.82, 2.24) is 4.90 Å². The Morgan fingerprint density at radius 2 is 2.00 bits per heavy atom. The average molecular weight is 277 g/mol. The second-order valence-electron chi connectivity index (χ2n) is 5.32. The molecule has 0 aromatic heterocycles. The Morgan fingerprint density at radius 3 is 2.60 bits per heavy atom. The first-order valence-corrected chi connectivity index (χ1v) is 6.66. The van der Waals surface area contributed by atoms with Gasteiger partial charge in [0.15, 0.2) is 5.75 Å². The minimum absolute atomic E-state index is 0.0475. The van der Waals surface area contributed by atoms with Gasteiger partial charge in [0.1, 0.15) is 0 Å². The third-order valence-corrected chi connectivity index (χ3v) is 3.70. The maximum Gasteiger partial charge on any atom is 0.269 e. The highest BCUT2D eigenvalue weighted by Crippen LogP contribution is 2.21. The van der Waals surface area contributed by atoms with Crippen LogP contribution in [0.4, 0.5) is 5.69 Å². The Hall–Kier alpha value is -1.95. The van der Waals surface area contributed by atoms with Crippen LogP contribution >= 0.6 is 0 Å². The summed E-state index contributed by atoms with van der Waals surface area (Å²) >= 11 is 0. The van der Waals surface area contributed by atoms with E-state index in [2.05, 4.69) is 31.0 Å². The van der Waals surface area contributed by atoms with Crippen LogP contribution in [0.15, 0.2) is 29.4 Å². The Morgan fingerprint density at radius 1 is 1.35 bits per heavy atom. The Balaban J connectivity index is 2.03. The molecule has 1 aliphatic heterocycles. The maximum absolute atomic E-state index is 10.6. The predicted octanol–water partition coefficient (Wildman–Crippen LogP) is 2.69. The standard InChI is InChI=1S/C14H19N3O3/c1-10-9-16(3)11(2)8-14(10)15-20-13-6-4-12(5-7-13)17(18)19/h4-7,10-11H,8-9H2,1-3H3/b15-14-/t10-,11+/m1/s1. The quantitative estimate of drug-likeness (QED) is 0.629. The van der Waals surface area contributed by atoms with E-state index in [-0.39, 0.29) is 5.69 Å². The zero-order chi connectivity index (χ0) is 14.7. The van der Waals surface area contributed by atoms with Gasteiger partial charge in [-0.2, -0.15) is 0 Å². The molecule has 6 heteroatoms. The van der Waals surface area contributed by atoms with E-state index < -0.39 is 4.92 Å². The Kier molecular flexibility index (Phi) is 4.34. The van der Waals surface area contributed by atoms with Crippen LogP contribution < -0.4 is 4.84 Å². The lowest BCUT2D eigenvalue weighted by Crippen LogP contribution is -2.43. The minimum atomic E-state index is -0.434. The summed E-state index contributed by atoms with van der Waals surface area (Å²) in [6.45, 7) is 5.25. The molecular formula is C14H19N3O3. The van der Waals surface area contributed by atoms with Crippen LogP contribution in [0.3, 0.4) is 0 Å². The van der Waals surface area contributed by atoms with Crippen molar-refractivity contribution >= 4 is 11.4 Å². The molecule has 1 fully saturated rings. The summed E-state index contributed by atoms with van der Waals surface area (Å²) < 4.78 is 0. The van der Waals surface area contributed by atoms with Gasteiger partial charge in [-0.1, -0.05) is 12.1 Å². The van der Waals surface area contributed by atoms with Crippen LogP contribution in [0, 0.1) is 16.0 Å². The van der Waals surface area contributed by atoms with Crippen molar-refractivity contribution in [2.24, 2.45) is 11.1 Å². The van der Waals surface area contributed by atoms with Crippen LogP contribution in [0.2, 0.25) is 0 Å². The molecule has 0 aliphatic carbocycles. The van der Waals surface area contributed by atoms with E-state index in [9.17, 15) is 10.1 Å². The largest absolute Gasteiger partial charge is 0.357 e. The van der Waals surface area contributed by atoms with Gasteiger partial charge in [-0.25, -0.2) is 0 Å². The van der Waals surface area contributed by atoms with Crippen molar-refractivity contribution in [3.05, 3.63) is 34.4 Å². The van der Waals surface area contributed by atoms with Crippen molar-refractivity contribution in [3.63, 3.8) is 0 Å². The van der Waals surface area contributed by atoms with E-state index in [1.807, 2.05) is 0 Å². The lowest BCUT2D eigenvalue weighted by Gasteiger charge is -2.34. The van der Waals surface area contributed by atoms with Crippen LogP contribution in [0.5, 0.6) is 5.75 Å². The molecule has 0 amide bonds. The predicted molar refractivity (Wildman–Crippen MR) is 77.0 cm³/mol. The fourth-order valence-electron chi connectivity index (χ4n) is 2.24. The van der Waals surface area contributed by atoms with E-state index in [4.69, 9.17) is 4.84 Å². The van der Waals surface area contributed by atoms with Crippen LogP contribution in [0.25, 0.3) is 0 Å². The summed E-state index contributed by atoms with van der Waals surface area (Å²) in [5.74, 6) is 0.871. The molecule has 1 heterocycles. The molecule has 6 nitrogen and oxygen atoms in total.